The summed E-state index contributed by atoms with van der Waals surface area (Å²) in [5.74, 6) is -0.0684. The van der Waals surface area contributed by atoms with Crippen LogP contribution in [0.5, 0.6) is 0 Å². The summed E-state index contributed by atoms with van der Waals surface area (Å²) in [7, 11) is 0. The lowest BCUT2D eigenvalue weighted by Gasteiger charge is -2.18. The predicted octanol–water partition coefficient (Wildman–Crippen LogP) is 3.15. The van der Waals surface area contributed by atoms with Crippen molar-refractivity contribution in [2.75, 3.05) is 11.4 Å². The molecule has 2 amide bonds. The van der Waals surface area contributed by atoms with Gasteiger partial charge in [-0.15, -0.1) is 0 Å². The molecule has 0 spiro atoms. The van der Waals surface area contributed by atoms with E-state index in [0.717, 1.165) is 16.8 Å². The van der Waals surface area contributed by atoms with Gasteiger partial charge in [-0.2, -0.15) is 0 Å². The minimum absolute atomic E-state index is 0.0494. The molecule has 1 saturated heterocycles. The Kier molecular flexibility index (Phi) is 4.38. The van der Waals surface area contributed by atoms with Gasteiger partial charge in [0.15, 0.2) is 0 Å². The summed E-state index contributed by atoms with van der Waals surface area (Å²) in [6.07, 6.45) is 0.338. The summed E-state index contributed by atoms with van der Waals surface area (Å²) in [4.78, 5) is 26.5. The van der Waals surface area contributed by atoms with Gasteiger partial charge in [-0.25, -0.2) is 0 Å². The Morgan fingerprint density at radius 3 is 2.50 bits per heavy atom. The van der Waals surface area contributed by atoms with Gasteiger partial charge < -0.3 is 10.2 Å². The molecule has 1 N–H and O–H groups in total. The first-order chi connectivity index (χ1) is 11.5. The van der Waals surface area contributed by atoms with Gasteiger partial charge in [0, 0.05) is 24.2 Å². The molecule has 3 rings (SSSR count). The Labute approximate surface area is 142 Å². The molecule has 0 radical (unpaired) electrons. The molecule has 0 saturated carbocycles. The summed E-state index contributed by atoms with van der Waals surface area (Å²) in [5, 5.41) is 2.99. The Balaban J connectivity index is 1.72. The summed E-state index contributed by atoms with van der Waals surface area (Å²) in [6.45, 7) is 6.52. The van der Waals surface area contributed by atoms with Gasteiger partial charge in [0.2, 0.25) is 5.91 Å². The van der Waals surface area contributed by atoms with Gasteiger partial charge in [-0.3, -0.25) is 9.59 Å². The number of aryl methyl sites for hydroxylation is 3. The molecule has 0 aliphatic carbocycles. The van der Waals surface area contributed by atoms with E-state index in [0.29, 0.717) is 18.5 Å². The highest BCUT2D eigenvalue weighted by Gasteiger charge is 2.32. The van der Waals surface area contributed by atoms with Gasteiger partial charge >= 0.3 is 0 Å². The predicted molar refractivity (Wildman–Crippen MR) is 95.3 cm³/mol. The van der Waals surface area contributed by atoms with Crippen LogP contribution in [0.4, 0.5) is 5.69 Å². The highest BCUT2D eigenvalue weighted by atomic mass is 16.2. The molecule has 1 aliphatic heterocycles. The second kappa shape index (κ2) is 6.48. The zero-order chi connectivity index (χ0) is 17.3. The number of hydrogen-bond acceptors (Lipinski definition) is 2. The molecular formula is C20H22N2O2. The van der Waals surface area contributed by atoms with Crippen molar-refractivity contribution in [1.82, 2.24) is 5.32 Å². The number of rotatable bonds is 3. The van der Waals surface area contributed by atoms with E-state index in [2.05, 4.69) is 12.2 Å². The molecule has 0 aromatic heterocycles. The fourth-order valence-electron chi connectivity index (χ4n) is 3.04. The molecule has 4 heteroatoms. The number of nitrogens with zero attached hydrogens (tertiary/aromatic N) is 1. The first kappa shape index (κ1) is 16.2. The zero-order valence-corrected chi connectivity index (χ0v) is 14.3. The van der Waals surface area contributed by atoms with Crippen molar-refractivity contribution in [2.24, 2.45) is 0 Å². The van der Waals surface area contributed by atoms with Gasteiger partial charge in [-0.05, 0) is 55.7 Å². The molecule has 1 aliphatic rings. The van der Waals surface area contributed by atoms with Gasteiger partial charge in [-0.1, -0.05) is 24.3 Å². The van der Waals surface area contributed by atoms with Crippen molar-refractivity contribution >= 4 is 17.5 Å². The van der Waals surface area contributed by atoms with E-state index in [1.807, 2.05) is 56.3 Å². The minimum Gasteiger partial charge on any atom is -0.347 e. The van der Waals surface area contributed by atoms with Crippen LogP contribution in [0.1, 0.15) is 33.5 Å². The van der Waals surface area contributed by atoms with Crippen molar-refractivity contribution in [1.29, 1.82) is 0 Å². The Morgan fingerprint density at radius 1 is 1.04 bits per heavy atom. The summed E-state index contributed by atoms with van der Waals surface area (Å²) in [5.41, 5.74) is 4.86. The lowest BCUT2D eigenvalue weighted by Crippen LogP contribution is -2.37. The van der Waals surface area contributed by atoms with Gasteiger partial charge in [0.25, 0.3) is 5.91 Å². The van der Waals surface area contributed by atoms with Crippen LogP contribution in [-0.4, -0.2) is 24.4 Å². The smallest absolute Gasteiger partial charge is 0.251 e. The van der Waals surface area contributed by atoms with Crippen LogP contribution in [0, 0.1) is 20.8 Å². The van der Waals surface area contributed by atoms with Crippen LogP contribution in [0.3, 0.4) is 0 Å². The standard InChI is InChI=1S/C20H22N2O2/c1-13-8-9-17(10-15(13)3)22-12-16(11-19(22)23)21-20(24)18-7-5-4-6-14(18)2/h4-10,16H,11-12H2,1-3H3,(H,21,24)/t16-/m0/s1. The van der Waals surface area contributed by atoms with E-state index < -0.39 is 0 Å². The maximum Gasteiger partial charge on any atom is 0.251 e. The first-order valence-corrected chi connectivity index (χ1v) is 8.20. The van der Waals surface area contributed by atoms with E-state index >= 15 is 0 Å². The number of anilines is 1. The Hall–Kier alpha value is -2.62. The number of hydrogen-bond donors (Lipinski definition) is 1. The SMILES string of the molecule is Cc1ccc(N2C[C@@H](NC(=O)c3ccccc3C)CC2=O)cc1C. The average molecular weight is 322 g/mol. The van der Waals surface area contributed by atoms with E-state index in [1.165, 1.54) is 5.56 Å². The highest BCUT2D eigenvalue weighted by Crippen LogP contribution is 2.24. The highest BCUT2D eigenvalue weighted by molar-refractivity contribution is 5.99. The minimum atomic E-state index is -0.161. The topological polar surface area (TPSA) is 49.4 Å². The van der Waals surface area contributed by atoms with Crippen LogP contribution in [0.15, 0.2) is 42.5 Å². The van der Waals surface area contributed by atoms with E-state index in [-0.39, 0.29) is 17.9 Å². The van der Waals surface area contributed by atoms with Crippen molar-refractivity contribution in [3.8, 4) is 0 Å². The number of nitrogens with one attached hydrogen (secondary N) is 1. The molecule has 2 aromatic rings. The molecule has 1 heterocycles. The van der Waals surface area contributed by atoms with Gasteiger partial charge in [0.1, 0.15) is 0 Å². The third-order valence-electron chi connectivity index (χ3n) is 4.65. The largest absolute Gasteiger partial charge is 0.347 e. The maximum absolute atomic E-state index is 12.4. The number of carbonyl (C=O) groups excluding carboxylic acids is 2. The monoisotopic (exact) mass is 322 g/mol. The third kappa shape index (κ3) is 3.18. The summed E-state index contributed by atoms with van der Waals surface area (Å²) >= 11 is 0. The molecule has 2 aromatic carbocycles. The van der Waals surface area contributed by atoms with E-state index in [1.54, 1.807) is 4.90 Å². The lowest BCUT2D eigenvalue weighted by molar-refractivity contribution is -0.117. The van der Waals surface area contributed by atoms with Crippen molar-refractivity contribution in [3.05, 3.63) is 64.7 Å². The number of carbonyl (C=O) groups is 2. The van der Waals surface area contributed by atoms with Crippen LogP contribution in [0.2, 0.25) is 0 Å². The molecule has 4 nitrogen and oxygen atoms in total. The molecule has 24 heavy (non-hydrogen) atoms. The van der Waals surface area contributed by atoms with Crippen molar-refractivity contribution < 1.29 is 9.59 Å². The molecular weight excluding hydrogens is 300 g/mol. The van der Waals surface area contributed by atoms with Crippen LogP contribution in [-0.2, 0) is 4.79 Å². The Bertz CT molecular complexity index is 798. The summed E-state index contributed by atoms with van der Waals surface area (Å²) < 4.78 is 0. The molecule has 0 unspecified atom stereocenters. The second-order valence-corrected chi connectivity index (χ2v) is 6.46. The fourth-order valence-corrected chi connectivity index (χ4v) is 3.04. The van der Waals surface area contributed by atoms with E-state index in [9.17, 15) is 9.59 Å². The lowest BCUT2D eigenvalue weighted by atomic mass is 10.1. The molecule has 0 bridgehead atoms. The zero-order valence-electron chi connectivity index (χ0n) is 14.3. The molecule has 1 atom stereocenters. The maximum atomic E-state index is 12.4. The first-order valence-electron chi connectivity index (χ1n) is 8.20. The van der Waals surface area contributed by atoms with E-state index in [4.69, 9.17) is 0 Å². The van der Waals surface area contributed by atoms with Crippen LogP contribution >= 0.6 is 0 Å². The van der Waals surface area contributed by atoms with Crippen molar-refractivity contribution in [2.45, 2.75) is 33.2 Å². The normalized spacial score (nSPS) is 17.2. The summed E-state index contributed by atoms with van der Waals surface area (Å²) in [6, 6.07) is 13.3. The molecule has 1 fully saturated rings. The second-order valence-electron chi connectivity index (χ2n) is 6.46. The number of benzene rings is 2. The Morgan fingerprint density at radius 2 is 1.79 bits per heavy atom. The third-order valence-corrected chi connectivity index (χ3v) is 4.65. The van der Waals surface area contributed by atoms with Gasteiger partial charge in [0.05, 0.1) is 6.04 Å². The fraction of sp³-hybridized carbons (Fsp3) is 0.300. The average Bonchev–Trinajstić information content (AvgIpc) is 2.91. The van der Waals surface area contributed by atoms with Crippen molar-refractivity contribution in [3.63, 3.8) is 0 Å². The quantitative estimate of drug-likeness (QED) is 0.944. The van der Waals surface area contributed by atoms with Crippen LogP contribution < -0.4 is 10.2 Å². The van der Waals surface area contributed by atoms with Crippen LogP contribution in [0.25, 0.3) is 0 Å². The number of amides is 2. The molecule has 124 valence electrons.